The van der Waals surface area contributed by atoms with Gasteiger partial charge in [-0.2, -0.15) is 4.98 Å². The second-order valence-corrected chi connectivity index (χ2v) is 4.86. The molecule has 0 saturated heterocycles. The van der Waals surface area contributed by atoms with Crippen LogP contribution in [-0.4, -0.2) is 20.9 Å². The second kappa shape index (κ2) is 4.88. The molecule has 1 amide bonds. The Morgan fingerprint density at radius 1 is 1.30 bits per heavy atom. The number of nitrogens with zero attached hydrogens (tertiary/aromatic N) is 3. The molecule has 6 heteroatoms. The first-order chi connectivity index (χ1) is 9.61. The van der Waals surface area contributed by atoms with Gasteiger partial charge in [0.2, 0.25) is 11.8 Å². The molecule has 102 valence electrons. The highest BCUT2D eigenvalue weighted by atomic mass is 16.5. The zero-order chi connectivity index (χ0) is 14.1. The van der Waals surface area contributed by atoms with Crippen LogP contribution >= 0.6 is 0 Å². The highest BCUT2D eigenvalue weighted by molar-refractivity contribution is 5.92. The summed E-state index contributed by atoms with van der Waals surface area (Å²) in [7, 11) is 0. The van der Waals surface area contributed by atoms with Crippen molar-refractivity contribution < 1.29 is 9.53 Å². The second-order valence-electron chi connectivity index (χ2n) is 4.86. The fourth-order valence-corrected chi connectivity index (χ4v) is 1.87. The molecule has 3 rings (SSSR count). The SMILES string of the molecule is Cc1cc(Oc2cncc(C(N)=O)c2)nc(C2CC2)n1. The van der Waals surface area contributed by atoms with Gasteiger partial charge in [-0.3, -0.25) is 9.78 Å². The maximum atomic E-state index is 11.1. The van der Waals surface area contributed by atoms with Gasteiger partial charge in [0, 0.05) is 23.9 Å². The van der Waals surface area contributed by atoms with E-state index in [0.29, 0.717) is 23.1 Å². The lowest BCUT2D eigenvalue weighted by atomic mass is 10.3. The van der Waals surface area contributed by atoms with Crippen molar-refractivity contribution in [2.45, 2.75) is 25.7 Å². The Morgan fingerprint density at radius 3 is 2.80 bits per heavy atom. The molecule has 0 bridgehead atoms. The van der Waals surface area contributed by atoms with E-state index in [-0.39, 0.29) is 0 Å². The molecular formula is C14H14N4O2. The van der Waals surface area contributed by atoms with Crippen LogP contribution in [0, 0.1) is 6.92 Å². The highest BCUT2D eigenvalue weighted by Gasteiger charge is 2.27. The van der Waals surface area contributed by atoms with E-state index in [9.17, 15) is 4.79 Å². The lowest BCUT2D eigenvalue weighted by Gasteiger charge is -2.07. The van der Waals surface area contributed by atoms with Crippen molar-refractivity contribution in [1.82, 2.24) is 15.0 Å². The number of hydrogen-bond acceptors (Lipinski definition) is 5. The number of aromatic nitrogens is 3. The predicted octanol–water partition coefficient (Wildman–Crippen LogP) is 1.95. The third kappa shape index (κ3) is 2.74. The Hall–Kier alpha value is -2.50. The Balaban J connectivity index is 1.87. The van der Waals surface area contributed by atoms with Gasteiger partial charge < -0.3 is 10.5 Å². The third-order valence-electron chi connectivity index (χ3n) is 3.01. The minimum absolute atomic E-state index is 0.302. The van der Waals surface area contributed by atoms with Gasteiger partial charge in [-0.15, -0.1) is 0 Å². The number of rotatable bonds is 4. The summed E-state index contributed by atoms with van der Waals surface area (Å²) in [6.07, 6.45) is 5.17. The lowest BCUT2D eigenvalue weighted by Crippen LogP contribution is -2.11. The van der Waals surface area contributed by atoms with Crippen LogP contribution < -0.4 is 10.5 Å². The Kier molecular flexibility index (Phi) is 3.06. The molecule has 1 fully saturated rings. The van der Waals surface area contributed by atoms with Crippen molar-refractivity contribution in [3.05, 3.63) is 41.6 Å². The molecule has 0 aliphatic heterocycles. The summed E-state index contributed by atoms with van der Waals surface area (Å²) in [5.41, 5.74) is 6.37. The number of pyridine rings is 1. The van der Waals surface area contributed by atoms with Crippen molar-refractivity contribution >= 4 is 5.91 Å². The van der Waals surface area contributed by atoms with E-state index in [1.165, 1.54) is 12.4 Å². The zero-order valence-corrected chi connectivity index (χ0v) is 11.0. The number of carbonyl (C=O) groups excluding carboxylic acids is 1. The average Bonchev–Trinajstić information content (AvgIpc) is 3.22. The normalized spacial score (nSPS) is 14.1. The van der Waals surface area contributed by atoms with Crippen molar-refractivity contribution in [2.24, 2.45) is 5.73 Å². The first kappa shape index (κ1) is 12.5. The number of nitrogens with two attached hydrogens (primary N) is 1. The standard InChI is InChI=1S/C14H14N4O2/c1-8-4-12(18-14(17-8)9-2-3-9)20-11-5-10(13(15)19)6-16-7-11/h4-7,9H,2-3H2,1H3,(H2,15,19). The molecule has 1 aliphatic rings. The van der Waals surface area contributed by atoms with Crippen LogP contribution in [0.3, 0.4) is 0 Å². The predicted molar refractivity (Wildman–Crippen MR) is 71.6 cm³/mol. The van der Waals surface area contributed by atoms with Crippen molar-refractivity contribution in [3.63, 3.8) is 0 Å². The van der Waals surface area contributed by atoms with Gasteiger partial charge in [-0.25, -0.2) is 4.98 Å². The van der Waals surface area contributed by atoms with Gasteiger partial charge in [0.25, 0.3) is 0 Å². The van der Waals surface area contributed by atoms with E-state index in [1.807, 2.05) is 6.92 Å². The lowest BCUT2D eigenvalue weighted by molar-refractivity contribution is 0.0999. The zero-order valence-electron chi connectivity index (χ0n) is 11.0. The molecule has 0 radical (unpaired) electrons. The largest absolute Gasteiger partial charge is 0.437 e. The van der Waals surface area contributed by atoms with E-state index in [2.05, 4.69) is 15.0 Å². The van der Waals surface area contributed by atoms with Crippen LogP contribution in [0.25, 0.3) is 0 Å². The van der Waals surface area contributed by atoms with E-state index in [4.69, 9.17) is 10.5 Å². The minimum atomic E-state index is -0.541. The molecule has 0 spiro atoms. The molecule has 0 unspecified atom stereocenters. The number of hydrogen-bond donors (Lipinski definition) is 1. The molecule has 1 saturated carbocycles. The molecule has 0 aromatic carbocycles. The van der Waals surface area contributed by atoms with Gasteiger partial charge in [0.15, 0.2) is 0 Å². The fourth-order valence-electron chi connectivity index (χ4n) is 1.87. The van der Waals surface area contributed by atoms with Crippen molar-refractivity contribution in [3.8, 4) is 11.6 Å². The molecule has 1 aliphatic carbocycles. The minimum Gasteiger partial charge on any atom is -0.437 e. The van der Waals surface area contributed by atoms with Crippen LogP contribution in [0.4, 0.5) is 0 Å². The summed E-state index contributed by atoms with van der Waals surface area (Å²) in [4.78, 5) is 23.8. The van der Waals surface area contributed by atoms with Crippen LogP contribution in [0.1, 0.15) is 40.6 Å². The average molecular weight is 270 g/mol. The van der Waals surface area contributed by atoms with Gasteiger partial charge in [0.05, 0.1) is 11.8 Å². The molecule has 0 atom stereocenters. The number of amides is 1. The van der Waals surface area contributed by atoms with Crippen LogP contribution in [0.2, 0.25) is 0 Å². The summed E-state index contributed by atoms with van der Waals surface area (Å²) in [6.45, 7) is 1.90. The van der Waals surface area contributed by atoms with Crippen LogP contribution in [-0.2, 0) is 0 Å². The molecule has 2 aromatic rings. The third-order valence-corrected chi connectivity index (χ3v) is 3.01. The summed E-state index contributed by atoms with van der Waals surface area (Å²) in [5.74, 6) is 1.62. The Bertz CT molecular complexity index is 668. The first-order valence-electron chi connectivity index (χ1n) is 6.40. The van der Waals surface area contributed by atoms with Crippen LogP contribution in [0.15, 0.2) is 24.5 Å². The van der Waals surface area contributed by atoms with Crippen molar-refractivity contribution in [2.75, 3.05) is 0 Å². The molecule has 2 heterocycles. The monoisotopic (exact) mass is 270 g/mol. The summed E-state index contributed by atoms with van der Waals surface area (Å²) < 4.78 is 5.65. The number of primary amides is 1. The quantitative estimate of drug-likeness (QED) is 0.916. The van der Waals surface area contributed by atoms with Gasteiger partial charge in [0.1, 0.15) is 11.6 Å². The molecule has 2 N–H and O–H groups in total. The number of ether oxygens (including phenoxy) is 1. The maximum Gasteiger partial charge on any atom is 0.250 e. The first-order valence-corrected chi connectivity index (χ1v) is 6.40. The molecule has 6 nitrogen and oxygen atoms in total. The molecular weight excluding hydrogens is 256 g/mol. The van der Waals surface area contributed by atoms with E-state index < -0.39 is 5.91 Å². The smallest absolute Gasteiger partial charge is 0.250 e. The Labute approximate surface area is 116 Å². The highest BCUT2D eigenvalue weighted by Crippen LogP contribution is 2.38. The Morgan fingerprint density at radius 2 is 2.10 bits per heavy atom. The fraction of sp³-hybridized carbons (Fsp3) is 0.286. The van der Waals surface area contributed by atoms with E-state index in [0.717, 1.165) is 24.4 Å². The summed E-state index contributed by atoms with van der Waals surface area (Å²) >= 11 is 0. The van der Waals surface area contributed by atoms with E-state index in [1.54, 1.807) is 12.1 Å². The molecule has 20 heavy (non-hydrogen) atoms. The summed E-state index contributed by atoms with van der Waals surface area (Å²) in [5, 5.41) is 0. The van der Waals surface area contributed by atoms with Crippen LogP contribution in [0.5, 0.6) is 11.6 Å². The number of aryl methyl sites for hydroxylation is 1. The van der Waals surface area contributed by atoms with Gasteiger partial charge in [-0.1, -0.05) is 0 Å². The molecule has 2 aromatic heterocycles. The number of carbonyl (C=O) groups is 1. The van der Waals surface area contributed by atoms with Crippen molar-refractivity contribution in [1.29, 1.82) is 0 Å². The van der Waals surface area contributed by atoms with E-state index >= 15 is 0 Å². The summed E-state index contributed by atoms with van der Waals surface area (Å²) in [6, 6.07) is 3.30. The van der Waals surface area contributed by atoms with Gasteiger partial charge in [-0.05, 0) is 25.8 Å². The topological polar surface area (TPSA) is 91.0 Å². The maximum absolute atomic E-state index is 11.1. The van der Waals surface area contributed by atoms with Gasteiger partial charge >= 0.3 is 0 Å².